The van der Waals surface area contributed by atoms with E-state index in [1.165, 1.54) is 0 Å². The summed E-state index contributed by atoms with van der Waals surface area (Å²) in [6.45, 7) is -0.125. The van der Waals surface area contributed by atoms with E-state index >= 15 is 0 Å². The third-order valence-corrected chi connectivity index (χ3v) is 2.88. The molecule has 0 unspecified atom stereocenters. The van der Waals surface area contributed by atoms with Crippen molar-refractivity contribution >= 4 is 13.5 Å². The maximum absolute atomic E-state index is 11.1. The Labute approximate surface area is 81.6 Å². The van der Waals surface area contributed by atoms with E-state index in [0.29, 0.717) is 5.06 Å². The summed E-state index contributed by atoms with van der Waals surface area (Å²) in [6, 6.07) is 0. The van der Waals surface area contributed by atoms with Crippen LogP contribution in [0.25, 0.3) is 0 Å². The zero-order valence-corrected chi connectivity index (χ0v) is 8.52. The number of carbonyl (C=O) groups is 1. The molecule has 1 fully saturated rings. The smallest absolute Gasteiger partial charge is 0.325 e. The molecule has 1 aliphatic carbocycles. The largest absolute Gasteiger partial charge is 0.756 e. The minimum absolute atomic E-state index is 0.0479. The van der Waals surface area contributed by atoms with Crippen molar-refractivity contribution in [3.63, 3.8) is 0 Å². The second-order valence-corrected chi connectivity index (χ2v) is 5.23. The van der Waals surface area contributed by atoms with Gasteiger partial charge in [0.15, 0.2) is 0 Å². The summed E-state index contributed by atoms with van der Waals surface area (Å²) in [6.07, 6.45) is 1.22. The first-order valence-corrected chi connectivity index (χ1v) is 6.23. The number of hydroxylamine groups is 2. The molecule has 1 aliphatic rings. The lowest BCUT2D eigenvalue weighted by atomic mass is 10.3. The van der Waals surface area contributed by atoms with Crippen molar-refractivity contribution in [3.8, 4) is 0 Å². The number of amides is 1. The molecule has 0 aromatic heterocycles. The molecule has 1 saturated carbocycles. The fourth-order valence-electron chi connectivity index (χ4n) is 1.06. The molecule has 0 bridgehead atoms. The van der Waals surface area contributed by atoms with Crippen molar-refractivity contribution in [2.75, 3.05) is 12.7 Å². The number of hydrogen-bond acceptors (Lipinski definition) is 3. The van der Waals surface area contributed by atoms with Gasteiger partial charge in [-0.25, -0.2) is 0 Å². The highest BCUT2D eigenvalue weighted by Crippen LogP contribution is 2.35. The SMILES string of the molecule is O=C(C1CC1)N([O-])CCCP(=O)(O)O. The highest BCUT2D eigenvalue weighted by atomic mass is 31.2. The average molecular weight is 222 g/mol. The van der Waals surface area contributed by atoms with E-state index in [1.54, 1.807) is 0 Å². The molecule has 7 heteroatoms. The van der Waals surface area contributed by atoms with Crippen molar-refractivity contribution in [1.82, 2.24) is 5.06 Å². The van der Waals surface area contributed by atoms with E-state index in [1.807, 2.05) is 0 Å². The Morgan fingerprint density at radius 3 is 2.50 bits per heavy atom. The number of nitrogens with zero attached hydrogens (tertiary/aromatic N) is 1. The molecule has 0 saturated heterocycles. The summed E-state index contributed by atoms with van der Waals surface area (Å²) in [4.78, 5) is 28.1. The first kappa shape index (κ1) is 11.7. The van der Waals surface area contributed by atoms with Gasteiger partial charge in [-0.1, -0.05) is 0 Å². The molecule has 1 rings (SSSR count). The molecule has 0 heterocycles. The van der Waals surface area contributed by atoms with Crippen LogP contribution in [0.1, 0.15) is 19.3 Å². The zero-order chi connectivity index (χ0) is 10.8. The van der Waals surface area contributed by atoms with Crippen LogP contribution in [0.3, 0.4) is 0 Å². The summed E-state index contributed by atoms with van der Waals surface area (Å²) in [5.41, 5.74) is 0. The fourth-order valence-corrected chi connectivity index (χ4v) is 1.62. The van der Waals surface area contributed by atoms with Crippen LogP contribution in [0.15, 0.2) is 0 Å². The lowest BCUT2D eigenvalue weighted by molar-refractivity contribution is -0.129. The first-order chi connectivity index (χ1) is 6.40. The highest BCUT2D eigenvalue weighted by Gasteiger charge is 2.30. The molecule has 14 heavy (non-hydrogen) atoms. The Morgan fingerprint density at radius 1 is 1.50 bits per heavy atom. The molecule has 0 aromatic carbocycles. The van der Waals surface area contributed by atoms with E-state index in [4.69, 9.17) is 9.79 Å². The van der Waals surface area contributed by atoms with Gasteiger partial charge in [-0.05, 0) is 19.3 Å². The molecule has 0 spiro atoms. The van der Waals surface area contributed by atoms with E-state index < -0.39 is 13.5 Å². The summed E-state index contributed by atoms with van der Waals surface area (Å²) in [5, 5.41) is 11.3. The molecule has 2 N–H and O–H groups in total. The summed E-state index contributed by atoms with van der Waals surface area (Å²) in [5.74, 6) is -0.585. The molecular formula is C7H13NO5P-. The normalized spacial score (nSPS) is 16.8. The second-order valence-electron chi connectivity index (χ2n) is 3.46. The van der Waals surface area contributed by atoms with Crippen molar-refractivity contribution in [3.05, 3.63) is 5.21 Å². The number of rotatable bonds is 5. The molecule has 1 amide bonds. The average Bonchev–Trinajstić information content (AvgIpc) is 2.82. The van der Waals surface area contributed by atoms with Gasteiger partial charge in [0.1, 0.15) is 0 Å². The lowest BCUT2D eigenvalue weighted by Crippen LogP contribution is -2.27. The minimum atomic E-state index is -4.04. The predicted octanol–water partition coefficient (Wildman–Crippen LogP) is 0.291. The molecule has 82 valence electrons. The van der Waals surface area contributed by atoms with E-state index in [-0.39, 0.29) is 25.0 Å². The van der Waals surface area contributed by atoms with Crippen molar-refractivity contribution in [2.24, 2.45) is 5.92 Å². The van der Waals surface area contributed by atoms with Crippen molar-refractivity contribution < 1.29 is 19.1 Å². The molecule has 0 atom stereocenters. The van der Waals surface area contributed by atoms with Gasteiger partial charge in [0.05, 0.1) is 6.16 Å². The third kappa shape index (κ3) is 4.19. The van der Waals surface area contributed by atoms with Gasteiger partial charge in [0.25, 0.3) is 0 Å². The van der Waals surface area contributed by atoms with Gasteiger partial charge in [-0.2, -0.15) is 0 Å². The Bertz CT molecular complexity index is 259. The Hall–Kier alpha value is -0.420. The molecule has 0 aliphatic heterocycles. The first-order valence-electron chi connectivity index (χ1n) is 4.43. The monoisotopic (exact) mass is 222 g/mol. The molecule has 0 aromatic rings. The van der Waals surface area contributed by atoms with Gasteiger partial charge in [0, 0.05) is 12.5 Å². The quantitative estimate of drug-likeness (QED) is 0.514. The van der Waals surface area contributed by atoms with E-state index in [2.05, 4.69) is 0 Å². The lowest BCUT2D eigenvalue weighted by Gasteiger charge is -2.28. The number of hydrogen-bond donors (Lipinski definition) is 2. The Morgan fingerprint density at radius 2 is 2.07 bits per heavy atom. The van der Waals surface area contributed by atoms with Gasteiger partial charge in [-0.3, -0.25) is 9.36 Å². The topological polar surface area (TPSA) is 101 Å². The summed E-state index contributed by atoms with van der Waals surface area (Å²) in [7, 11) is -4.04. The van der Waals surface area contributed by atoms with Gasteiger partial charge >= 0.3 is 7.60 Å². The summed E-state index contributed by atoms with van der Waals surface area (Å²) < 4.78 is 10.4. The van der Waals surface area contributed by atoms with Crippen LogP contribution >= 0.6 is 7.60 Å². The van der Waals surface area contributed by atoms with Crippen LogP contribution < -0.4 is 0 Å². The Balaban J connectivity index is 2.17. The summed E-state index contributed by atoms with van der Waals surface area (Å²) >= 11 is 0. The van der Waals surface area contributed by atoms with Crippen molar-refractivity contribution in [1.29, 1.82) is 0 Å². The van der Waals surface area contributed by atoms with E-state index in [0.717, 1.165) is 12.8 Å². The minimum Gasteiger partial charge on any atom is -0.756 e. The maximum atomic E-state index is 11.1. The molecule has 6 nitrogen and oxygen atoms in total. The van der Waals surface area contributed by atoms with Gasteiger partial charge in [0.2, 0.25) is 5.91 Å². The van der Waals surface area contributed by atoms with Crippen LogP contribution in [0.5, 0.6) is 0 Å². The standard InChI is InChI=1S/C7H13NO5P/c9-7(6-2-3-6)8(10)4-1-5-14(11,12)13/h6H,1-5H2,(H2,11,12,13)/q-1. The molecule has 0 radical (unpaired) electrons. The number of carbonyl (C=O) groups excluding carboxylic acids is 1. The fraction of sp³-hybridized carbons (Fsp3) is 0.857. The third-order valence-electron chi connectivity index (χ3n) is 1.98. The Kier molecular flexibility index (Phi) is 3.66. The van der Waals surface area contributed by atoms with Crippen LogP contribution in [-0.4, -0.2) is 33.5 Å². The predicted molar refractivity (Wildman–Crippen MR) is 49.3 cm³/mol. The van der Waals surface area contributed by atoms with Gasteiger partial charge in [-0.15, -0.1) is 0 Å². The van der Waals surface area contributed by atoms with E-state index in [9.17, 15) is 14.6 Å². The maximum Gasteiger partial charge on any atom is 0.325 e. The van der Waals surface area contributed by atoms with Crippen LogP contribution in [0, 0.1) is 11.1 Å². The molecular weight excluding hydrogens is 209 g/mol. The van der Waals surface area contributed by atoms with Crippen LogP contribution in [0.2, 0.25) is 0 Å². The van der Waals surface area contributed by atoms with Crippen LogP contribution in [-0.2, 0) is 9.36 Å². The van der Waals surface area contributed by atoms with Crippen molar-refractivity contribution in [2.45, 2.75) is 19.3 Å². The zero-order valence-electron chi connectivity index (χ0n) is 7.63. The highest BCUT2D eigenvalue weighted by molar-refractivity contribution is 7.51. The van der Waals surface area contributed by atoms with Crippen LogP contribution in [0.4, 0.5) is 0 Å². The van der Waals surface area contributed by atoms with Gasteiger partial charge < -0.3 is 20.1 Å². The second kappa shape index (κ2) is 4.40.